The Morgan fingerprint density at radius 2 is 1.89 bits per heavy atom. The number of halogens is 1. The molecule has 0 fully saturated rings. The van der Waals surface area contributed by atoms with Crippen molar-refractivity contribution < 1.29 is 14.3 Å². The number of hydrogen-bond acceptors (Lipinski definition) is 4. The van der Waals surface area contributed by atoms with Crippen LogP contribution in [-0.4, -0.2) is 33.6 Å². The molecule has 27 heavy (non-hydrogen) atoms. The van der Waals surface area contributed by atoms with Gasteiger partial charge in [-0.05, 0) is 54.3 Å². The van der Waals surface area contributed by atoms with E-state index >= 15 is 0 Å². The lowest BCUT2D eigenvalue weighted by molar-refractivity contribution is 0.0907. The first-order valence-electron chi connectivity index (χ1n) is 8.38. The minimum atomic E-state index is -0.797. The highest BCUT2D eigenvalue weighted by Crippen LogP contribution is 2.20. The molecule has 5 nitrogen and oxygen atoms in total. The number of nitrogens with one attached hydrogen (secondary N) is 1. The number of aliphatic hydroxyl groups is 1. The molecule has 3 aromatic rings. The Labute approximate surface area is 161 Å². The molecule has 2 aromatic carbocycles. The van der Waals surface area contributed by atoms with Gasteiger partial charge in [-0.25, -0.2) is 4.39 Å². The van der Waals surface area contributed by atoms with Gasteiger partial charge in [0.1, 0.15) is 11.5 Å². The zero-order chi connectivity index (χ0) is 19.4. The van der Waals surface area contributed by atoms with E-state index in [2.05, 4.69) is 10.4 Å². The summed E-state index contributed by atoms with van der Waals surface area (Å²) in [6.45, 7) is 0.0918. The number of rotatable bonds is 6. The van der Waals surface area contributed by atoms with Crippen molar-refractivity contribution in [2.75, 3.05) is 12.8 Å². The minimum absolute atomic E-state index is 0.0918. The third kappa shape index (κ3) is 4.56. The first kappa shape index (κ1) is 19.1. The molecule has 1 atom stereocenters. The second-order valence-electron chi connectivity index (χ2n) is 6.04. The normalized spacial score (nSPS) is 12.0. The molecular formula is C20H20FN3O2S. The molecule has 1 aromatic heterocycles. The van der Waals surface area contributed by atoms with Crippen molar-refractivity contribution in [3.05, 3.63) is 71.7 Å². The third-order valence-corrected chi connectivity index (χ3v) is 4.95. The number of benzene rings is 2. The highest BCUT2D eigenvalue weighted by Gasteiger charge is 2.16. The van der Waals surface area contributed by atoms with E-state index in [-0.39, 0.29) is 18.3 Å². The van der Waals surface area contributed by atoms with Gasteiger partial charge in [0.15, 0.2) is 0 Å². The summed E-state index contributed by atoms with van der Waals surface area (Å²) in [5.41, 5.74) is 2.40. The summed E-state index contributed by atoms with van der Waals surface area (Å²) >= 11 is 1.63. The number of amides is 1. The molecule has 0 aliphatic heterocycles. The molecule has 7 heteroatoms. The van der Waals surface area contributed by atoms with Crippen molar-refractivity contribution in [3.63, 3.8) is 0 Å². The van der Waals surface area contributed by atoms with E-state index < -0.39 is 6.10 Å². The van der Waals surface area contributed by atoms with Crippen LogP contribution >= 0.6 is 11.8 Å². The van der Waals surface area contributed by atoms with Gasteiger partial charge in [0.2, 0.25) is 0 Å². The second kappa shape index (κ2) is 8.37. The van der Waals surface area contributed by atoms with E-state index in [0.717, 1.165) is 16.0 Å². The monoisotopic (exact) mass is 385 g/mol. The fourth-order valence-corrected chi connectivity index (χ4v) is 3.07. The van der Waals surface area contributed by atoms with Gasteiger partial charge >= 0.3 is 0 Å². The van der Waals surface area contributed by atoms with E-state index in [9.17, 15) is 14.3 Å². The molecule has 0 aliphatic rings. The quantitative estimate of drug-likeness (QED) is 0.638. The topological polar surface area (TPSA) is 67.2 Å². The predicted molar refractivity (Wildman–Crippen MR) is 104 cm³/mol. The third-order valence-electron chi connectivity index (χ3n) is 4.21. The average Bonchev–Trinajstić information content (AvgIpc) is 3.08. The van der Waals surface area contributed by atoms with Crippen LogP contribution in [0.15, 0.2) is 59.5 Å². The summed E-state index contributed by atoms with van der Waals surface area (Å²) < 4.78 is 14.5. The number of nitrogens with zero attached hydrogens (tertiary/aromatic N) is 2. The number of thioether (sulfide) groups is 1. The van der Waals surface area contributed by atoms with E-state index in [0.29, 0.717) is 11.4 Å². The van der Waals surface area contributed by atoms with Crippen molar-refractivity contribution in [1.29, 1.82) is 0 Å². The van der Waals surface area contributed by atoms with Crippen molar-refractivity contribution in [2.45, 2.75) is 11.0 Å². The molecule has 1 amide bonds. The Kier molecular flexibility index (Phi) is 5.93. The lowest BCUT2D eigenvalue weighted by Gasteiger charge is -2.12. The van der Waals surface area contributed by atoms with Crippen LogP contribution in [0.5, 0.6) is 0 Å². The maximum Gasteiger partial charge on any atom is 0.269 e. The van der Waals surface area contributed by atoms with Crippen LogP contribution in [0.2, 0.25) is 0 Å². The van der Waals surface area contributed by atoms with Gasteiger partial charge in [-0.1, -0.05) is 12.1 Å². The van der Waals surface area contributed by atoms with Crippen molar-refractivity contribution >= 4 is 17.7 Å². The summed E-state index contributed by atoms with van der Waals surface area (Å²) in [5, 5.41) is 17.3. The number of carbonyl (C=O) groups is 1. The highest BCUT2D eigenvalue weighted by atomic mass is 32.2. The van der Waals surface area contributed by atoms with Gasteiger partial charge in [0.05, 0.1) is 11.8 Å². The fraction of sp³-hybridized carbons (Fsp3) is 0.200. The van der Waals surface area contributed by atoms with Gasteiger partial charge < -0.3 is 10.4 Å². The SMILES string of the molecule is CSc1ccc(C(O)CNC(=O)c2cc(-c3ccc(F)cc3)nn2C)cc1. The summed E-state index contributed by atoms with van der Waals surface area (Å²) in [6.07, 6.45) is 1.19. The molecule has 0 saturated carbocycles. The molecule has 1 unspecified atom stereocenters. The molecule has 2 N–H and O–H groups in total. The van der Waals surface area contributed by atoms with Crippen LogP contribution in [0.3, 0.4) is 0 Å². The number of hydrogen-bond donors (Lipinski definition) is 2. The lowest BCUT2D eigenvalue weighted by Crippen LogP contribution is -2.29. The first-order valence-corrected chi connectivity index (χ1v) is 9.60. The van der Waals surface area contributed by atoms with Gasteiger partial charge in [-0.2, -0.15) is 5.10 Å². The molecule has 0 saturated heterocycles. The maximum absolute atomic E-state index is 13.1. The van der Waals surface area contributed by atoms with Crippen LogP contribution in [0.25, 0.3) is 11.3 Å². The summed E-state index contributed by atoms with van der Waals surface area (Å²) in [5.74, 6) is -0.662. The molecular weight excluding hydrogens is 365 g/mol. The van der Waals surface area contributed by atoms with Gasteiger partial charge in [-0.15, -0.1) is 11.8 Å². The largest absolute Gasteiger partial charge is 0.387 e. The van der Waals surface area contributed by atoms with E-state index in [1.807, 2.05) is 30.5 Å². The average molecular weight is 385 g/mol. The molecule has 3 rings (SSSR count). The van der Waals surface area contributed by atoms with Crippen LogP contribution in [-0.2, 0) is 7.05 Å². The van der Waals surface area contributed by atoms with E-state index in [4.69, 9.17) is 0 Å². The smallest absolute Gasteiger partial charge is 0.269 e. The van der Waals surface area contributed by atoms with Crippen LogP contribution in [0.1, 0.15) is 22.2 Å². The van der Waals surface area contributed by atoms with Crippen LogP contribution in [0.4, 0.5) is 4.39 Å². The first-order chi connectivity index (χ1) is 13.0. The fourth-order valence-electron chi connectivity index (χ4n) is 2.67. The summed E-state index contributed by atoms with van der Waals surface area (Å²) in [6, 6.07) is 15.1. The molecule has 0 spiro atoms. The standard InChI is InChI=1S/C20H20FN3O2S/c1-24-18(11-17(23-24)13-3-7-15(21)8-4-13)20(26)22-12-19(25)14-5-9-16(27-2)10-6-14/h3-11,19,25H,12H2,1-2H3,(H,22,26). The number of aryl methyl sites for hydroxylation is 1. The zero-order valence-electron chi connectivity index (χ0n) is 15.0. The van der Waals surface area contributed by atoms with Crippen molar-refractivity contribution in [2.24, 2.45) is 7.05 Å². The molecule has 140 valence electrons. The van der Waals surface area contributed by atoms with Gasteiger partial charge in [0, 0.05) is 24.1 Å². The highest BCUT2D eigenvalue weighted by molar-refractivity contribution is 7.98. The van der Waals surface area contributed by atoms with Gasteiger partial charge in [-0.3, -0.25) is 9.48 Å². The van der Waals surface area contributed by atoms with Gasteiger partial charge in [0.25, 0.3) is 5.91 Å². The number of carbonyl (C=O) groups excluding carboxylic acids is 1. The lowest BCUT2D eigenvalue weighted by atomic mass is 10.1. The minimum Gasteiger partial charge on any atom is -0.387 e. The van der Waals surface area contributed by atoms with Crippen LogP contribution in [0, 0.1) is 5.82 Å². The molecule has 0 bridgehead atoms. The number of aliphatic hydroxyl groups excluding tert-OH is 1. The van der Waals surface area contributed by atoms with Crippen molar-refractivity contribution in [3.8, 4) is 11.3 Å². The Morgan fingerprint density at radius 1 is 1.22 bits per heavy atom. The summed E-state index contributed by atoms with van der Waals surface area (Å²) in [7, 11) is 1.67. The Balaban J connectivity index is 1.66. The zero-order valence-corrected chi connectivity index (χ0v) is 15.8. The summed E-state index contributed by atoms with van der Waals surface area (Å²) in [4.78, 5) is 13.6. The Morgan fingerprint density at radius 3 is 2.52 bits per heavy atom. The van der Waals surface area contributed by atoms with E-state index in [1.165, 1.54) is 16.8 Å². The molecule has 0 aliphatic carbocycles. The molecule has 0 radical (unpaired) electrons. The van der Waals surface area contributed by atoms with E-state index in [1.54, 1.807) is 37.0 Å². The second-order valence-corrected chi connectivity index (χ2v) is 6.92. The number of aromatic nitrogens is 2. The molecule has 1 heterocycles. The Hall–Kier alpha value is -2.64. The van der Waals surface area contributed by atoms with Crippen LogP contribution < -0.4 is 5.32 Å². The maximum atomic E-state index is 13.1. The predicted octanol–water partition coefficient (Wildman–Crippen LogP) is 3.41. The van der Waals surface area contributed by atoms with Crippen molar-refractivity contribution in [1.82, 2.24) is 15.1 Å². The Bertz CT molecular complexity index is 923.